The molecule has 8 heteroatoms. The van der Waals surface area contributed by atoms with Gasteiger partial charge in [-0.25, -0.2) is 8.42 Å². The molecular weight excluding hydrogens is 438 g/mol. The lowest BCUT2D eigenvalue weighted by Crippen LogP contribution is -2.28. The minimum absolute atomic E-state index is 0.0755. The number of anilines is 1. The van der Waals surface area contributed by atoms with Crippen molar-refractivity contribution in [2.45, 2.75) is 44.4 Å². The van der Waals surface area contributed by atoms with Crippen molar-refractivity contribution in [1.82, 2.24) is 9.29 Å². The molecule has 2 heterocycles. The molecule has 1 N–H and O–H groups in total. The molecule has 0 aliphatic carbocycles. The van der Waals surface area contributed by atoms with Crippen molar-refractivity contribution in [2.75, 3.05) is 25.0 Å². The smallest absolute Gasteiger partial charge is 0.256 e. The molecule has 1 aliphatic rings. The van der Waals surface area contributed by atoms with E-state index in [2.05, 4.69) is 10.3 Å². The van der Waals surface area contributed by atoms with Gasteiger partial charge in [-0.3, -0.25) is 9.78 Å². The van der Waals surface area contributed by atoms with Crippen molar-refractivity contribution in [3.05, 3.63) is 59.8 Å². The molecule has 174 valence electrons. The van der Waals surface area contributed by atoms with Gasteiger partial charge in [0.05, 0.1) is 17.7 Å². The van der Waals surface area contributed by atoms with E-state index in [-0.39, 0.29) is 16.7 Å². The predicted molar refractivity (Wildman–Crippen MR) is 129 cm³/mol. The summed E-state index contributed by atoms with van der Waals surface area (Å²) in [6.07, 6.45) is 1.68. The molecule has 1 saturated heterocycles. The van der Waals surface area contributed by atoms with Crippen LogP contribution in [0.4, 0.5) is 5.69 Å². The molecule has 3 aromatic rings. The van der Waals surface area contributed by atoms with Gasteiger partial charge in [0, 0.05) is 29.9 Å². The van der Waals surface area contributed by atoms with Crippen molar-refractivity contribution < 1.29 is 17.9 Å². The normalized spacial score (nSPS) is 14.7. The number of rotatable bonds is 7. The number of nitrogens with zero attached hydrogens (tertiary/aromatic N) is 2. The second-order valence-electron chi connectivity index (χ2n) is 8.43. The number of benzene rings is 2. The fraction of sp³-hybridized carbons (Fsp3) is 0.360. The Kier molecular flexibility index (Phi) is 6.67. The lowest BCUT2D eigenvalue weighted by molar-refractivity contribution is 0.102. The average molecular weight is 468 g/mol. The molecule has 33 heavy (non-hydrogen) atoms. The van der Waals surface area contributed by atoms with E-state index in [9.17, 15) is 13.2 Å². The van der Waals surface area contributed by atoms with Gasteiger partial charge >= 0.3 is 0 Å². The molecule has 1 fully saturated rings. The Morgan fingerprint density at radius 3 is 2.55 bits per heavy atom. The molecular formula is C25H29N3O4S. The number of nitrogens with one attached hydrogen (secondary N) is 1. The quantitative estimate of drug-likeness (QED) is 0.540. The second kappa shape index (κ2) is 9.49. The van der Waals surface area contributed by atoms with Gasteiger partial charge in [-0.05, 0) is 56.0 Å². The van der Waals surface area contributed by atoms with Gasteiger partial charge in [-0.1, -0.05) is 32.0 Å². The molecule has 0 bridgehead atoms. The van der Waals surface area contributed by atoms with Crippen LogP contribution in [-0.2, 0) is 10.0 Å². The molecule has 0 saturated carbocycles. The zero-order valence-electron chi connectivity index (χ0n) is 19.2. The first-order valence-electron chi connectivity index (χ1n) is 11.3. The van der Waals surface area contributed by atoms with Crippen molar-refractivity contribution in [2.24, 2.45) is 0 Å². The number of carbonyl (C=O) groups is 1. The monoisotopic (exact) mass is 467 g/mol. The van der Waals surface area contributed by atoms with E-state index in [0.29, 0.717) is 36.7 Å². The van der Waals surface area contributed by atoms with Gasteiger partial charge in [-0.2, -0.15) is 4.31 Å². The van der Waals surface area contributed by atoms with E-state index in [0.717, 1.165) is 29.4 Å². The Balaban J connectivity index is 1.72. The third-order valence-corrected chi connectivity index (χ3v) is 7.68. The SMILES string of the molecule is CCOc1ccc(NC(=O)c2cc(C(C)C)nc3ccccc23)cc1S(=O)(=O)N1CCCC1. The highest BCUT2D eigenvalue weighted by Crippen LogP contribution is 2.32. The fourth-order valence-corrected chi connectivity index (χ4v) is 5.68. The molecule has 0 spiro atoms. The van der Waals surface area contributed by atoms with E-state index in [4.69, 9.17) is 4.74 Å². The first-order chi connectivity index (χ1) is 15.8. The van der Waals surface area contributed by atoms with Crippen LogP contribution in [0, 0.1) is 0 Å². The highest BCUT2D eigenvalue weighted by atomic mass is 32.2. The molecule has 1 aromatic heterocycles. The topological polar surface area (TPSA) is 88.6 Å². The van der Waals surface area contributed by atoms with Gasteiger partial charge in [0.1, 0.15) is 10.6 Å². The van der Waals surface area contributed by atoms with Crippen molar-refractivity contribution in [3.63, 3.8) is 0 Å². The molecule has 2 aromatic carbocycles. The van der Waals surface area contributed by atoms with Gasteiger partial charge in [0.2, 0.25) is 10.0 Å². The van der Waals surface area contributed by atoms with E-state index >= 15 is 0 Å². The van der Waals surface area contributed by atoms with Gasteiger partial charge in [0.15, 0.2) is 0 Å². The second-order valence-corrected chi connectivity index (χ2v) is 10.3. The minimum atomic E-state index is -3.72. The summed E-state index contributed by atoms with van der Waals surface area (Å²) in [5, 5.41) is 3.63. The largest absolute Gasteiger partial charge is 0.492 e. The van der Waals surface area contributed by atoms with Crippen molar-refractivity contribution >= 4 is 32.5 Å². The molecule has 0 atom stereocenters. The maximum Gasteiger partial charge on any atom is 0.256 e. The average Bonchev–Trinajstić information content (AvgIpc) is 3.35. The third kappa shape index (κ3) is 4.72. The number of fused-ring (bicyclic) bond motifs is 1. The number of sulfonamides is 1. The molecule has 1 amide bonds. The number of pyridine rings is 1. The summed E-state index contributed by atoms with van der Waals surface area (Å²) < 4.78 is 33.6. The van der Waals surface area contributed by atoms with Gasteiger partial charge < -0.3 is 10.1 Å². The molecule has 0 unspecified atom stereocenters. The summed E-state index contributed by atoms with van der Waals surface area (Å²) >= 11 is 0. The summed E-state index contributed by atoms with van der Waals surface area (Å²) in [5.41, 5.74) is 2.47. The van der Waals surface area contributed by atoms with Crippen LogP contribution in [0.2, 0.25) is 0 Å². The standard InChI is InChI=1S/C25H29N3O4S/c1-4-32-23-12-11-18(15-24(23)33(30,31)28-13-7-8-14-28)26-25(29)20-16-22(17(2)3)27-21-10-6-5-9-19(20)21/h5-6,9-12,15-17H,4,7-8,13-14H2,1-3H3,(H,26,29). The van der Waals surface area contributed by atoms with Crippen LogP contribution in [-0.4, -0.2) is 43.3 Å². The van der Waals surface area contributed by atoms with Gasteiger partial charge in [-0.15, -0.1) is 0 Å². The molecule has 7 nitrogen and oxygen atoms in total. The third-order valence-electron chi connectivity index (χ3n) is 5.76. The fourth-order valence-electron chi connectivity index (χ4n) is 4.01. The van der Waals surface area contributed by atoms with E-state index < -0.39 is 10.0 Å². The Bertz CT molecular complexity index is 1280. The molecule has 4 rings (SSSR count). The maximum atomic E-state index is 13.3. The number of para-hydroxylation sites is 1. The maximum absolute atomic E-state index is 13.3. The van der Waals surface area contributed by atoms with Crippen LogP contribution in [0.25, 0.3) is 10.9 Å². The van der Waals surface area contributed by atoms with Crippen LogP contribution in [0.3, 0.4) is 0 Å². The van der Waals surface area contributed by atoms with E-state index in [1.54, 1.807) is 18.2 Å². The summed E-state index contributed by atoms with van der Waals surface area (Å²) in [5.74, 6) is 0.131. The lowest BCUT2D eigenvalue weighted by Gasteiger charge is -2.19. The first-order valence-corrected chi connectivity index (χ1v) is 12.7. The van der Waals surface area contributed by atoms with Crippen LogP contribution in [0.5, 0.6) is 5.75 Å². The Labute approximate surface area is 194 Å². The number of hydrogen-bond acceptors (Lipinski definition) is 5. The summed E-state index contributed by atoms with van der Waals surface area (Å²) in [6, 6.07) is 14.1. The summed E-state index contributed by atoms with van der Waals surface area (Å²) in [7, 11) is -3.72. The number of ether oxygens (including phenoxy) is 1. The van der Waals surface area contributed by atoms with Crippen LogP contribution >= 0.6 is 0 Å². The van der Waals surface area contributed by atoms with E-state index in [1.807, 2.05) is 45.0 Å². The summed E-state index contributed by atoms with van der Waals surface area (Å²) in [4.78, 5) is 18.0. The Morgan fingerprint density at radius 2 is 1.85 bits per heavy atom. The zero-order valence-corrected chi connectivity index (χ0v) is 20.0. The van der Waals surface area contributed by atoms with Crippen LogP contribution in [0.1, 0.15) is 55.6 Å². The van der Waals surface area contributed by atoms with Crippen LogP contribution in [0.15, 0.2) is 53.4 Å². The number of aromatic nitrogens is 1. The van der Waals surface area contributed by atoms with Crippen LogP contribution < -0.4 is 10.1 Å². The lowest BCUT2D eigenvalue weighted by atomic mass is 10.0. The summed E-state index contributed by atoms with van der Waals surface area (Å²) in [6.45, 7) is 7.19. The molecule has 0 radical (unpaired) electrons. The number of carbonyl (C=O) groups excluding carboxylic acids is 1. The number of hydrogen-bond donors (Lipinski definition) is 1. The Morgan fingerprint density at radius 1 is 1.12 bits per heavy atom. The highest BCUT2D eigenvalue weighted by Gasteiger charge is 2.30. The van der Waals surface area contributed by atoms with Crippen molar-refractivity contribution in [1.29, 1.82) is 0 Å². The highest BCUT2D eigenvalue weighted by molar-refractivity contribution is 7.89. The molecule has 1 aliphatic heterocycles. The first kappa shape index (κ1) is 23.2. The minimum Gasteiger partial charge on any atom is -0.492 e. The van der Waals surface area contributed by atoms with Crippen molar-refractivity contribution in [3.8, 4) is 5.75 Å². The zero-order chi connectivity index (χ0) is 23.6. The Hall–Kier alpha value is -2.97. The van der Waals surface area contributed by atoms with E-state index in [1.165, 1.54) is 10.4 Å². The number of amides is 1. The van der Waals surface area contributed by atoms with Gasteiger partial charge in [0.25, 0.3) is 5.91 Å². The predicted octanol–water partition coefficient (Wildman–Crippen LogP) is 4.79.